The van der Waals surface area contributed by atoms with Gasteiger partial charge >= 0.3 is 0 Å². The zero-order chi connectivity index (χ0) is 7.94. The second-order valence-electron chi connectivity index (χ2n) is 3.62. The van der Waals surface area contributed by atoms with Gasteiger partial charge in [0.15, 0.2) is 0 Å². The number of allylic oxidation sites excluding steroid dienone is 4. The Bertz CT molecular complexity index is 227. The van der Waals surface area contributed by atoms with Gasteiger partial charge in [-0.15, -0.1) is 6.92 Å². The molecule has 0 spiro atoms. The van der Waals surface area contributed by atoms with Crippen LogP contribution < -0.4 is 0 Å². The minimum absolute atomic E-state index is 0. The molecule has 0 saturated heterocycles. The summed E-state index contributed by atoms with van der Waals surface area (Å²) in [6.07, 6.45) is 3.44. The van der Waals surface area contributed by atoms with E-state index in [1.165, 1.54) is 16.7 Å². The van der Waals surface area contributed by atoms with Crippen molar-refractivity contribution >= 4 is 0 Å². The minimum Gasteiger partial charge on any atom is -0.269 e. The van der Waals surface area contributed by atoms with Crippen LogP contribution in [-0.2, 0) is 19.5 Å². The van der Waals surface area contributed by atoms with Crippen molar-refractivity contribution in [3.8, 4) is 0 Å². The third-order valence-corrected chi connectivity index (χ3v) is 2.56. The van der Waals surface area contributed by atoms with Gasteiger partial charge in [0, 0.05) is 19.5 Å². The second-order valence-corrected chi connectivity index (χ2v) is 3.62. The van der Waals surface area contributed by atoms with Crippen LogP contribution in [0.2, 0.25) is 0 Å². The molecule has 0 atom stereocenters. The van der Waals surface area contributed by atoms with E-state index in [1.54, 1.807) is 0 Å². The molecule has 1 aliphatic rings. The van der Waals surface area contributed by atoms with E-state index in [0.29, 0.717) is 0 Å². The van der Waals surface area contributed by atoms with E-state index in [2.05, 4.69) is 40.7 Å². The Morgan fingerprint density at radius 2 is 1.38 bits per heavy atom. The maximum absolute atomic E-state index is 3.44. The third-order valence-electron chi connectivity index (χ3n) is 2.56. The molecule has 0 amide bonds. The normalized spacial score (nSPS) is 18.1. The summed E-state index contributed by atoms with van der Waals surface area (Å²) in [6, 6.07) is 0. The molecule has 13 heavy (non-hydrogen) atoms. The van der Waals surface area contributed by atoms with Crippen molar-refractivity contribution in [2.75, 3.05) is 0 Å². The monoisotopic (exact) mass is 278 g/mol. The summed E-state index contributed by atoms with van der Waals surface area (Å²) in [6.45, 7) is 10.9. The van der Waals surface area contributed by atoms with Crippen molar-refractivity contribution in [2.45, 2.75) is 34.6 Å². The standard InChI is InChI=1S/C10H15.2FH.Rh/c1-7-6-10(4,5)9(3)8(7)2;;;/h1-5H3;2*1H;/q-1;;;. The molecule has 0 bridgehead atoms. The van der Waals surface area contributed by atoms with Crippen LogP contribution in [0.5, 0.6) is 0 Å². The fraction of sp³-hybridized carbons (Fsp3) is 0.600. The van der Waals surface area contributed by atoms with Gasteiger partial charge in [0.1, 0.15) is 0 Å². The Hall–Kier alpha value is -0.0366. The molecule has 0 aliphatic heterocycles. The molecule has 0 aromatic rings. The van der Waals surface area contributed by atoms with Gasteiger partial charge in [-0.25, -0.2) is 5.57 Å². The van der Waals surface area contributed by atoms with E-state index in [-0.39, 0.29) is 34.3 Å². The summed E-state index contributed by atoms with van der Waals surface area (Å²) in [5.74, 6) is 0. The molecule has 0 unspecified atom stereocenters. The van der Waals surface area contributed by atoms with Crippen molar-refractivity contribution < 1.29 is 28.9 Å². The topological polar surface area (TPSA) is 0 Å². The molecule has 1 rings (SSSR count). The zero-order valence-electron chi connectivity index (χ0n) is 8.65. The van der Waals surface area contributed by atoms with Gasteiger partial charge < -0.3 is 0 Å². The predicted octanol–water partition coefficient (Wildman–Crippen LogP) is 3.41. The van der Waals surface area contributed by atoms with Crippen LogP contribution in [0.25, 0.3) is 0 Å². The Morgan fingerprint density at radius 3 is 1.46 bits per heavy atom. The summed E-state index contributed by atoms with van der Waals surface area (Å²) in [5.41, 5.74) is 4.39. The summed E-state index contributed by atoms with van der Waals surface area (Å²) in [7, 11) is 0. The first-order valence-corrected chi connectivity index (χ1v) is 3.75. The van der Waals surface area contributed by atoms with Crippen LogP contribution in [0.3, 0.4) is 0 Å². The molecule has 3 heteroatoms. The Kier molecular flexibility index (Phi) is 8.11. The van der Waals surface area contributed by atoms with E-state index >= 15 is 0 Å². The third kappa shape index (κ3) is 3.30. The number of rotatable bonds is 0. The predicted molar refractivity (Wildman–Crippen MR) is 49.6 cm³/mol. The molecule has 0 fully saturated rings. The Morgan fingerprint density at radius 1 is 1.00 bits per heavy atom. The maximum atomic E-state index is 3.44. The first-order chi connectivity index (χ1) is 4.45. The molecule has 1 aliphatic carbocycles. The summed E-state index contributed by atoms with van der Waals surface area (Å²) in [4.78, 5) is 0. The van der Waals surface area contributed by atoms with Crippen LogP contribution in [0.4, 0.5) is 9.41 Å². The van der Waals surface area contributed by atoms with E-state index in [0.717, 1.165) is 0 Å². The Labute approximate surface area is 92.0 Å². The Balaban J connectivity index is -0.000000333. The summed E-state index contributed by atoms with van der Waals surface area (Å²) < 4.78 is 0. The molecule has 0 heterocycles. The van der Waals surface area contributed by atoms with Gasteiger partial charge in [0.05, 0.1) is 0 Å². The molecule has 1 radical (unpaired) electrons. The number of hydrogen-bond acceptors (Lipinski definition) is 0. The van der Waals surface area contributed by atoms with Crippen LogP contribution in [-0.4, -0.2) is 0 Å². The molecule has 0 nitrogen and oxygen atoms in total. The minimum atomic E-state index is 0. The molecule has 0 N–H and O–H groups in total. The van der Waals surface area contributed by atoms with Gasteiger partial charge in [0.2, 0.25) is 0 Å². The first-order valence-electron chi connectivity index (χ1n) is 3.75. The van der Waals surface area contributed by atoms with Gasteiger partial charge in [-0.1, -0.05) is 33.1 Å². The van der Waals surface area contributed by atoms with Crippen molar-refractivity contribution in [2.24, 2.45) is 5.41 Å². The van der Waals surface area contributed by atoms with Gasteiger partial charge in [-0.3, -0.25) is 15.5 Å². The van der Waals surface area contributed by atoms with E-state index in [4.69, 9.17) is 0 Å². The maximum Gasteiger partial charge on any atom is 0 e. The van der Waals surface area contributed by atoms with Crippen molar-refractivity contribution in [1.29, 1.82) is 0 Å². The summed E-state index contributed by atoms with van der Waals surface area (Å²) in [5, 5.41) is 0. The summed E-state index contributed by atoms with van der Waals surface area (Å²) >= 11 is 0. The first kappa shape index (κ1) is 18.7. The molecular formula is C10H17F2Rh-. The molecule has 0 saturated carbocycles. The quantitative estimate of drug-likeness (QED) is 0.470. The average Bonchev–Trinajstić information content (AvgIpc) is 1.95. The molecule has 81 valence electrons. The van der Waals surface area contributed by atoms with Gasteiger partial charge in [0.25, 0.3) is 0 Å². The van der Waals surface area contributed by atoms with E-state index in [1.807, 2.05) is 0 Å². The molecule has 0 aromatic carbocycles. The zero-order valence-corrected chi connectivity index (χ0v) is 10.3. The van der Waals surface area contributed by atoms with Crippen LogP contribution >= 0.6 is 0 Å². The van der Waals surface area contributed by atoms with E-state index < -0.39 is 0 Å². The van der Waals surface area contributed by atoms with Crippen LogP contribution in [0, 0.1) is 11.5 Å². The van der Waals surface area contributed by atoms with Crippen molar-refractivity contribution in [3.63, 3.8) is 0 Å². The van der Waals surface area contributed by atoms with Crippen molar-refractivity contribution in [3.05, 3.63) is 22.8 Å². The SMILES string of the molecule is CC1=[C-]C(C)(C)C(C)=C1C.F.F.[Rh]. The van der Waals surface area contributed by atoms with Gasteiger partial charge in [-0.2, -0.15) is 11.1 Å². The van der Waals surface area contributed by atoms with Gasteiger partial charge in [-0.05, 0) is 0 Å². The second kappa shape index (κ2) is 5.64. The fourth-order valence-electron chi connectivity index (χ4n) is 1.41. The van der Waals surface area contributed by atoms with E-state index in [9.17, 15) is 0 Å². The molecular weight excluding hydrogens is 261 g/mol. The van der Waals surface area contributed by atoms with Crippen LogP contribution in [0.15, 0.2) is 16.7 Å². The van der Waals surface area contributed by atoms with Crippen LogP contribution in [0.1, 0.15) is 34.6 Å². The van der Waals surface area contributed by atoms with Crippen molar-refractivity contribution in [1.82, 2.24) is 0 Å². The number of halogens is 2. The molecule has 0 aromatic heterocycles. The smallest absolute Gasteiger partial charge is 0 e. The fourth-order valence-corrected chi connectivity index (χ4v) is 1.41. The largest absolute Gasteiger partial charge is 0.269 e. The average molecular weight is 278 g/mol. The number of hydrogen-bond donors (Lipinski definition) is 0.